The Bertz CT molecular complexity index is 950. The lowest BCUT2D eigenvalue weighted by Crippen LogP contribution is -2.64. The average molecular weight is 407 g/mol. The Morgan fingerprint density at radius 2 is 1.73 bits per heavy atom. The molecule has 2 aromatic rings. The summed E-state index contributed by atoms with van der Waals surface area (Å²) in [4.78, 5) is 34.7. The molecule has 156 valence electrons. The second-order valence-electron chi connectivity index (χ2n) is 7.61. The van der Waals surface area contributed by atoms with E-state index in [2.05, 4.69) is 5.32 Å². The molecular formula is C22H25N5O3. The van der Waals surface area contributed by atoms with E-state index >= 15 is 0 Å². The van der Waals surface area contributed by atoms with Gasteiger partial charge < -0.3 is 19.8 Å². The first-order valence-electron chi connectivity index (χ1n) is 9.86. The number of fused-ring (bicyclic) bond motifs is 1. The fourth-order valence-electron chi connectivity index (χ4n) is 3.92. The van der Waals surface area contributed by atoms with Crippen LogP contribution < -0.4 is 5.32 Å². The number of carbonyl (C=O) groups is 2. The molecule has 2 heterocycles. The predicted molar refractivity (Wildman–Crippen MR) is 112 cm³/mol. The first-order valence-corrected chi connectivity index (χ1v) is 9.86. The van der Waals surface area contributed by atoms with E-state index in [0.717, 1.165) is 11.1 Å². The summed E-state index contributed by atoms with van der Waals surface area (Å²) in [7, 11) is 3.51. The van der Waals surface area contributed by atoms with Gasteiger partial charge in [0.2, 0.25) is 0 Å². The number of hydrogen-bond acceptors (Lipinski definition) is 6. The van der Waals surface area contributed by atoms with Crippen LogP contribution in [0.15, 0.2) is 65.7 Å². The minimum absolute atomic E-state index is 0.179. The van der Waals surface area contributed by atoms with Gasteiger partial charge in [0.15, 0.2) is 18.2 Å². The Morgan fingerprint density at radius 3 is 2.40 bits per heavy atom. The fraction of sp³-hybridized carbons (Fsp3) is 0.318. The molecule has 1 saturated heterocycles. The van der Waals surface area contributed by atoms with Gasteiger partial charge in [-0.1, -0.05) is 60.7 Å². The van der Waals surface area contributed by atoms with Crippen molar-refractivity contribution in [1.29, 1.82) is 0 Å². The number of hydrogen-bond donors (Lipinski definition) is 2. The zero-order valence-corrected chi connectivity index (χ0v) is 17.0. The number of imide groups is 1. The maximum Gasteiger partial charge on any atom is 0.325 e. The smallest absolute Gasteiger partial charge is 0.325 e. The highest BCUT2D eigenvalue weighted by Crippen LogP contribution is 2.28. The first kappa shape index (κ1) is 19.9. The number of aliphatic hydroxyl groups excluding tert-OH is 1. The van der Waals surface area contributed by atoms with Gasteiger partial charge >= 0.3 is 6.03 Å². The van der Waals surface area contributed by atoms with E-state index in [9.17, 15) is 14.7 Å². The zero-order valence-electron chi connectivity index (χ0n) is 17.0. The molecule has 0 aliphatic carbocycles. The second-order valence-corrected chi connectivity index (χ2v) is 7.61. The summed E-state index contributed by atoms with van der Waals surface area (Å²) in [5, 5.41) is 13.2. The van der Waals surface area contributed by atoms with Crippen molar-refractivity contribution >= 4 is 17.9 Å². The summed E-state index contributed by atoms with van der Waals surface area (Å²) < 4.78 is 0. The van der Waals surface area contributed by atoms with E-state index in [4.69, 9.17) is 4.99 Å². The summed E-state index contributed by atoms with van der Waals surface area (Å²) in [6.07, 6.45) is -1.45. The normalized spacial score (nSPS) is 21.8. The minimum Gasteiger partial charge on any atom is -0.387 e. The van der Waals surface area contributed by atoms with Gasteiger partial charge in [-0.25, -0.2) is 9.79 Å². The summed E-state index contributed by atoms with van der Waals surface area (Å²) in [5.74, 6) is 0.163. The largest absolute Gasteiger partial charge is 0.387 e. The highest BCUT2D eigenvalue weighted by Gasteiger charge is 2.49. The van der Waals surface area contributed by atoms with Gasteiger partial charge in [-0.2, -0.15) is 0 Å². The Balaban J connectivity index is 1.63. The number of β-amino-alcohol motifs (C(OH)–C–C–N with tert-alkyl or cyclic N) is 1. The van der Waals surface area contributed by atoms with Crippen LogP contribution in [0, 0.1) is 0 Å². The molecule has 1 fully saturated rings. The van der Waals surface area contributed by atoms with Crippen LogP contribution in [0.3, 0.4) is 0 Å². The molecule has 2 aromatic carbocycles. The number of guanidine groups is 1. The summed E-state index contributed by atoms with van der Waals surface area (Å²) in [6.45, 7) is 0.759. The number of carbonyl (C=O) groups excluding carboxylic acids is 2. The number of nitrogens with zero attached hydrogens (tertiary/aromatic N) is 4. The standard InChI is InChI=1S/C22H25N5O3/c1-25(13-15-9-5-3-6-10-15)21-23-19-18(20(29)24-22(30)26(19)2)27(21)14-17(28)16-11-7-4-8-12-16/h3-12,17-19,28H,13-14H2,1-2H3,(H,24,29,30). The molecule has 0 aromatic heterocycles. The van der Waals surface area contributed by atoms with E-state index in [-0.39, 0.29) is 6.54 Å². The Kier molecular flexibility index (Phi) is 5.41. The molecule has 3 amide bonds. The van der Waals surface area contributed by atoms with Gasteiger partial charge in [0.25, 0.3) is 5.91 Å². The number of amides is 3. The van der Waals surface area contributed by atoms with Crippen molar-refractivity contribution in [3.8, 4) is 0 Å². The molecule has 2 N–H and O–H groups in total. The highest BCUT2D eigenvalue weighted by molar-refractivity contribution is 6.03. The van der Waals surface area contributed by atoms with Gasteiger partial charge in [-0.05, 0) is 11.1 Å². The number of aliphatic imine (C=N–C) groups is 1. The molecule has 3 unspecified atom stereocenters. The van der Waals surface area contributed by atoms with Crippen LogP contribution in [0.5, 0.6) is 0 Å². The number of nitrogens with one attached hydrogen (secondary N) is 1. The average Bonchev–Trinajstić information content (AvgIpc) is 3.13. The van der Waals surface area contributed by atoms with E-state index < -0.39 is 30.2 Å². The lowest BCUT2D eigenvalue weighted by Gasteiger charge is -2.38. The first-order chi connectivity index (χ1) is 14.5. The topological polar surface area (TPSA) is 88.5 Å². The van der Waals surface area contributed by atoms with Gasteiger partial charge in [0.1, 0.15) is 0 Å². The zero-order chi connectivity index (χ0) is 21.3. The van der Waals surface area contributed by atoms with Crippen LogP contribution in [0.25, 0.3) is 0 Å². The molecule has 8 nitrogen and oxygen atoms in total. The Morgan fingerprint density at radius 1 is 1.10 bits per heavy atom. The van der Waals surface area contributed by atoms with Gasteiger partial charge in [-0.3, -0.25) is 10.1 Å². The van der Waals surface area contributed by atoms with Crippen LogP contribution in [0.2, 0.25) is 0 Å². The van der Waals surface area contributed by atoms with Gasteiger partial charge in [0, 0.05) is 20.6 Å². The third-order valence-corrected chi connectivity index (χ3v) is 5.50. The van der Waals surface area contributed by atoms with Crippen LogP contribution in [-0.2, 0) is 11.3 Å². The van der Waals surface area contributed by atoms with Gasteiger partial charge in [-0.15, -0.1) is 0 Å². The summed E-state index contributed by atoms with van der Waals surface area (Å²) >= 11 is 0. The molecule has 2 aliphatic rings. The second kappa shape index (κ2) is 8.16. The maximum atomic E-state index is 12.7. The van der Waals surface area contributed by atoms with Crippen LogP contribution in [-0.4, -0.2) is 70.6 Å². The third kappa shape index (κ3) is 3.73. The predicted octanol–water partition coefficient (Wildman–Crippen LogP) is 1.40. The third-order valence-electron chi connectivity index (χ3n) is 5.50. The molecule has 8 heteroatoms. The van der Waals surface area contributed by atoms with E-state index in [1.165, 1.54) is 4.90 Å². The highest BCUT2D eigenvalue weighted by atomic mass is 16.3. The number of likely N-dealkylation sites (N-methyl/N-ethyl adjacent to an activating group) is 1. The van der Waals surface area contributed by atoms with Crippen molar-refractivity contribution in [1.82, 2.24) is 20.0 Å². The summed E-state index contributed by atoms with van der Waals surface area (Å²) in [6, 6.07) is 18.1. The maximum absolute atomic E-state index is 12.7. The molecule has 4 rings (SSSR count). The fourth-order valence-corrected chi connectivity index (χ4v) is 3.92. The molecule has 0 saturated carbocycles. The Hall–Kier alpha value is -3.39. The molecule has 0 spiro atoms. The lowest BCUT2D eigenvalue weighted by molar-refractivity contribution is -0.127. The van der Waals surface area contributed by atoms with Crippen molar-refractivity contribution in [2.45, 2.75) is 24.9 Å². The number of rotatable bonds is 5. The molecule has 3 atom stereocenters. The molecule has 0 radical (unpaired) electrons. The van der Waals surface area contributed by atoms with E-state index in [1.54, 1.807) is 11.9 Å². The summed E-state index contributed by atoms with van der Waals surface area (Å²) in [5.41, 5.74) is 1.85. The molecule has 30 heavy (non-hydrogen) atoms. The van der Waals surface area contributed by atoms with E-state index in [0.29, 0.717) is 12.5 Å². The number of urea groups is 1. The monoisotopic (exact) mass is 407 g/mol. The number of benzene rings is 2. The lowest BCUT2D eigenvalue weighted by atomic mass is 10.1. The molecular weight excluding hydrogens is 382 g/mol. The SMILES string of the molecule is CN(Cc1ccccc1)C1=NC2C(C(=O)NC(=O)N2C)N1CC(O)c1ccccc1. The van der Waals surface area contributed by atoms with Crippen molar-refractivity contribution in [3.63, 3.8) is 0 Å². The van der Waals surface area contributed by atoms with Crippen molar-refractivity contribution in [2.75, 3.05) is 20.6 Å². The Labute approximate surface area is 175 Å². The van der Waals surface area contributed by atoms with Crippen molar-refractivity contribution in [3.05, 3.63) is 71.8 Å². The van der Waals surface area contributed by atoms with E-state index in [1.807, 2.05) is 72.6 Å². The van der Waals surface area contributed by atoms with Crippen LogP contribution >= 0.6 is 0 Å². The minimum atomic E-state index is -0.809. The van der Waals surface area contributed by atoms with Crippen molar-refractivity contribution in [2.24, 2.45) is 4.99 Å². The van der Waals surface area contributed by atoms with Crippen molar-refractivity contribution < 1.29 is 14.7 Å². The van der Waals surface area contributed by atoms with Crippen LogP contribution in [0.4, 0.5) is 4.79 Å². The molecule has 0 bridgehead atoms. The molecule has 2 aliphatic heterocycles. The quantitative estimate of drug-likeness (QED) is 0.782. The van der Waals surface area contributed by atoms with Crippen LogP contribution in [0.1, 0.15) is 17.2 Å². The van der Waals surface area contributed by atoms with Gasteiger partial charge in [0.05, 0.1) is 12.6 Å². The number of aliphatic hydroxyl groups is 1.